The lowest BCUT2D eigenvalue weighted by Gasteiger charge is -2.02. The van der Waals surface area contributed by atoms with E-state index in [1.807, 2.05) is 18.2 Å². The molecule has 0 aliphatic carbocycles. The summed E-state index contributed by atoms with van der Waals surface area (Å²) in [6, 6.07) is 9.05. The number of aliphatic hydroxyl groups is 1. The molecule has 2 aromatic heterocycles. The van der Waals surface area contributed by atoms with Gasteiger partial charge in [0, 0.05) is 6.20 Å². The second-order valence-electron chi connectivity index (χ2n) is 3.63. The lowest BCUT2D eigenvalue weighted by atomic mass is 10.3. The number of carbonyl (C=O) groups excluding carboxylic acids is 1. The Morgan fingerprint density at radius 3 is 3.00 bits per heavy atom. The predicted molar refractivity (Wildman–Crippen MR) is 73.7 cm³/mol. The van der Waals surface area contributed by atoms with Gasteiger partial charge < -0.3 is 10.4 Å². The minimum atomic E-state index is -0.181. The normalized spacial score (nSPS) is 9.53. The highest BCUT2D eigenvalue weighted by Gasteiger charge is 2.08. The minimum absolute atomic E-state index is 0.146. The van der Waals surface area contributed by atoms with Crippen molar-refractivity contribution < 1.29 is 9.90 Å². The molecule has 0 bridgehead atoms. The van der Waals surface area contributed by atoms with Crippen LogP contribution in [0.1, 0.15) is 20.2 Å². The summed E-state index contributed by atoms with van der Waals surface area (Å²) < 4.78 is 0. The van der Waals surface area contributed by atoms with Crippen molar-refractivity contribution in [1.29, 1.82) is 0 Å². The molecule has 5 heteroatoms. The van der Waals surface area contributed by atoms with E-state index in [0.29, 0.717) is 11.4 Å². The first-order valence-corrected chi connectivity index (χ1v) is 6.49. The Balaban J connectivity index is 1.95. The summed E-state index contributed by atoms with van der Waals surface area (Å²) in [6.45, 7) is 0.217. The standard InChI is InChI=1S/C14H12N2O2S/c17-9-3-5-12-6-7-13(19-12)14(18)16-10-11-4-1-2-8-15-11/h1-2,4,6-8,17H,9-10H2,(H,16,18). The number of amides is 1. The smallest absolute Gasteiger partial charge is 0.261 e. The molecule has 1 amide bonds. The Morgan fingerprint density at radius 1 is 1.37 bits per heavy atom. The van der Waals surface area contributed by atoms with Crippen molar-refractivity contribution in [1.82, 2.24) is 10.3 Å². The van der Waals surface area contributed by atoms with Gasteiger partial charge in [0.25, 0.3) is 5.91 Å². The van der Waals surface area contributed by atoms with Crippen molar-refractivity contribution >= 4 is 17.2 Å². The molecule has 2 heterocycles. The van der Waals surface area contributed by atoms with Crippen LogP contribution in [0, 0.1) is 11.8 Å². The quantitative estimate of drug-likeness (QED) is 0.831. The van der Waals surface area contributed by atoms with Crippen LogP contribution in [0.25, 0.3) is 0 Å². The highest BCUT2D eigenvalue weighted by Crippen LogP contribution is 2.15. The van der Waals surface area contributed by atoms with Gasteiger partial charge in [-0.15, -0.1) is 11.3 Å². The van der Waals surface area contributed by atoms with E-state index in [-0.39, 0.29) is 12.5 Å². The fraction of sp³-hybridized carbons (Fsp3) is 0.143. The van der Waals surface area contributed by atoms with E-state index in [4.69, 9.17) is 5.11 Å². The fourth-order valence-corrected chi connectivity index (χ4v) is 2.21. The predicted octanol–water partition coefficient (Wildman–Crippen LogP) is 1.42. The Hall–Kier alpha value is -2.16. The summed E-state index contributed by atoms with van der Waals surface area (Å²) in [6.07, 6.45) is 1.69. The van der Waals surface area contributed by atoms with Crippen LogP contribution in [0.2, 0.25) is 0 Å². The largest absolute Gasteiger partial charge is 0.384 e. The molecular formula is C14H12N2O2S. The highest BCUT2D eigenvalue weighted by atomic mass is 32.1. The van der Waals surface area contributed by atoms with Crippen LogP contribution in [0.3, 0.4) is 0 Å². The molecule has 0 radical (unpaired) electrons. The molecule has 2 aromatic rings. The molecule has 0 saturated heterocycles. The minimum Gasteiger partial charge on any atom is -0.384 e. The molecule has 4 nitrogen and oxygen atoms in total. The fourth-order valence-electron chi connectivity index (χ4n) is 1.41. The van der Waals surface area contributed by atoms with E-state index in [0.717, 1.165) is 10.6 Å². The summed E-state index contributed by atoms with van der Waals surface area (Å²) in [5.74, 6) is 5.17. The number of nitrogens with zero attached hydrogens (tertiary/aromatic N) is 1. The van der Waals surface area contributed by atoms with E-state index >= 15 is 0 Å². The summed E-state index contributed by atoms with van der Waals surface area (Å²) in [4.78, 5) is 17.4. The van der Waals surface area contributed by atoms with E-state index < -0.39 is 0 Å². The van der Waals surface area contributed by atoms with E-state index in [9.17, 15) is 4.79 Å². The first-order chi connectivity index (χ1) is 9.29. The number of aromatic nitrogens is 1. The number of nitrogens with one attached hydrogen (secondary N) is 1. The number of carbonyl (C=O) groups is 1. The van der Waals surface area contributed by atoms with E-state index in [1.165, 1.54) is 11.3 Å². The summed E-state index contributed by atoms with van der Waals surface area (Å²) in [5.41, 5.74) is 0.813. The number of thiophene rings is 1. The maximum absolute atomic E-state index is 11.9. The van der Waals surface area contributed by atoms with Gasteiger partial charge in [0.2, 0.25) is 0 Å². The Morgan fingerprint density at radius 2 is 2.26 bits per heavy atom. The lowest BCUT2D eigenvalue weighted by molar-refractivity contribution is 0.0954. The van der Waals surface area contributed by atoms with Gasteiger partial charge in [0.1, 0.15) is 6.61 Å². The van der Waals surface area contributed by atoms with Crippen LogP contribution in [0.4, 0.5) is 0 Å². The summed E-state index contributed by atoms with van der Waals surface area (Å²) >= 11 is 1.30. The number of hydrogen-bond acceptors (Lipinski definition) is 4. The monoisotopic (exact) mass is 272 g/mol. The Kier molecular flexibility index (Phi) is 4.67. The van der Waals surface area contributed by atoms with Crippen LogP contribution >= 0.6 is 11.3 Å². The van der Waals surface area contributed by atoms with Gasteiger partial charge in [-0.25, -0.2) is 0 Å². The van der Waals surface area contributed by atoms with Crippen molar-refractivity contribution in [3.63, 3.8) is 0 Å². The van der Waals surface area contributed by atoms with Gasteiger partial charge in [0.05, 0.1) is 22.0 Å². The third-order valence-electron chi connectivity index (χ3n) is 2.28. The molecule has 2 rings (SSSR count). The molecule has 0 aromatic carbocycles. The third kappa shape index (κ3) is 3.91. The maximum Gasteiger partial charge on any atom is 0.261 e. The van der Waals surface area contributed by atoms with Crippen molar-refractivity contribution in [2.24, 2.45) is 0 Å². The van der Waals surface area contributed by atoms with E-state index in [1.54, 1.807) is 18.3 Å². The lowest BCUT2D eigenvalue weighted by Crippen LogP contribution is -2.22. The van der Waals surface area contributed by atoms with Crippen LogP contribution in [-0.2, 0) is 6.54 Å². The number of pyridine rings is 1. The number of hydrogen-bond donors (Lipinski definition) is 2. The molecule has 0 fully saturated rings. The van der Waals surface area contributed by atoms with Gasteiger partial charge in [-0.3, -0.25) is 9.78 Å². The summed E-state index contributed by atoms with van der Waals surface area (Å²) in [5, 5.41) is 11.4. The average Bonchev–Trinajstić information content (AvgIpc) is 2.92. The zero-order valence-corrected chi connectivity index (χ0v) is 10.9. The first-order valence-electron chi connectivity index (χ1n) is 5.67. The van der Waals surface area contributed by atoms with Gasteiger partial charge in [-0.05, 0) is 24.3 Å². The van der Waals surface area contributed by atoms with Crippen LogP contribution in [-0.4, -0.2) is 22.6 Å². The summed E-state index contributed by atoms with van der Waals surface area (Å²) in [7, 11) is 0. The molecule has 0 spiro atoms. The van der Waals surface area contributed by atoms with Crippen LogP contribution < -0.4 is 5.32 Å². The SMILES string of the molecule is O=C(NCc1ccccn1)c1ccc(C#CCO)s1. The molecule has 19 heavy (non-hydrogen) atoms. The van der Waals surface area contributed by atoms with Crippen molar-refractivity contribution in [2.45, 2.75) is 6.54 Å². The molecule has 0 aliphatic heterocycles. The molecule has 0 unspecified atom stereocenters. The third-order valence-corrected chi connectivity index (χ3v) is 3.28. The van der Waals surface area contributed by atoms with Crippen molar-refractivity contribution in [2.75, 3.05) is 6.61 Å². The Bertz CT molecular complexity index is 611. The van der Waals surface area contributed by atoms with Gasteiger partial charge in [-0.2, -0.15) is 0 Å². The first kappa shape index (κ1) is 13.3. The number of rotatable bonds is 3. The maximum atomic E-state index is 11.9. The van der Waals surface area contributed by atoms with E-state index in [2.05, 4.69) is 22.1 Å². The molecular weight excluding hydrogens is 260 g/mol. The second kappa shape index (κ2) is 6.69. The second-order valence-corrected chi connectivity index (χ2v) is 4.71. The molecule has 0 saturated carbocycles. The highest BCUT2D eigenvalue weighted by molar-refractivity contribution is 7.14. The number of aliphatic hydroxyl groups excluding tert-OH is 1. The Labute approximate surface area is 115 Å². The van der Waals surface area contributed by atoms with Crippen LogP contribution in [0.15, 0.2) is 36.5 Å². The van der Waals surface area contributed by atoms with Crippen LogP contribution in [0.5, 0.6) is 0 Å². The topological polar surface area (TPSA) is 62.2 Å². The zero-order valence-electron chi connectivity index (χ0n) is 10.1. The molecule has 96 valence electrons. The van der Waals surface area contributed by atoms with Gasteiger partial charge >= 0.3 is 0 Å². The van der Waals surface area contributed by atoms with Gasteiger partial charge in [0.15, 0.2) is 0 Å². The molecule has 0 aliphatic rings. The zero-order chi connectivity index (χ0) is 13.5. The molecule has 2 N–H and O–H groups in total. The van der Waals surface area contributed by atoms with Gasteiger partial charge in [-0.1, -0.05) is 17.9 Å². The average molecular weight is 272 g/mol. The van der Waals surface area contributed by atoms with Crippen molar-refractivity contribution in [3.8, 4) is 11.8 Å². The molecule has 0 atom stereocenters. The van der Waals surface area contributed by atoms with Crippen molar-refractivity contribution in [3.05, 3.63) is 52.0 Å².